The fraction of sp³-hybridized carbons (Fsp3) is 0.500. The van der Waals surface area contributed by atoms with Gasteiger partial charge in [0.05, 0.1) is 0 Å². The Morgan fingerprint density at radius 3 is 2.80 bits per heavy atom. The molecule has 0 atom stereocenters. The maximum absolute atomic E-state index is 4.16. The topological polar surface area (TPSA) is 24.9 Å². The Balaban J connectivity index is 1.52. The highest BCUT2D eigenvalue weighted by atomic mass is 14.9. The van der Waals surface area contributed by atoms with Crippen LogP contribution in [0.1, 0.15) is 38.2 Å². The summed E-state index contributed by atoms with van der Waals surface area (Å²) in [5, 5.41) is 6.14. The fourth-order valence-corrected chi connectivity index (χ4v) is 3.20. The molecule has 0 spiro atoms. The molecule has 106 valence electrons. The van der Waals surface area contributed by atoms with Crippen molar-refractivity contribution in [2.45, 2.75) is 39.2 Å². The third-order valence-electron chi connectivity index (χ3n) is 4.60. The van der Waals surface area contributed by atoms with Gasteiger partial charge in [-0.3, -0.25) is 4.98 Å². The number of nitrogens with zero attached hydrogens (tertiary/aromatic N) is 1. The average molecular weight is 268 g/mol. The smallest absolute Gasteiger partial charge is 0.0346 e. The van der Waals surface area contributed by atoms with E-state index in [1.54, 1.807) is 0 Å². The molecule has 2 nitrogen and oxygen atoms in total. The summed E-state index contributed by atoms with van der Waals surface area (Å²) in [5.74, 6) is 1.83. The Hall–Kier alpha value is -1.41. The van der Waals surface area contributed by atoms with E-state index in [0.717, 1.165) is 18.4 Å². The fourth-order valence-electron chi connectivity index (χ4n) is 3.20. The van der Waals surface area contributed by atoms with Crippen LogP contribution in [0.15, 0.2) is 36.7 Å². The van der Waals surface area contributed by atoms with E-state index < -0.39 is 0 Å². The van der Waals surface area contributed by atoms with Gasteiger partial charge in [0.1, 0.15) is 0 Å². The van der Waals surface area contributed by atoms with Crippen molar-refractivity contribution in [3.05, 3.63) is 42.2 Å². The molecular weight excluding hydrogens is 244 g/mol. The molecule has 2 aromatic rings. The van der Waals surface area contributed by atoms with E-state index in [2.05, 4.69) is 41.5 Å². The van der Waals surface area contributed by atoms with Gasteiger partial charge in [0, 0.05) is 24.3 Å². The molecule has 2 heteroatoms. The number of fused-ring (bicyclic) bond motifs is 1. The minimum absolute atomic E-state index is 0.885. The lowest BCUT2D eigenvalue weighted by Gasteiger charge is -2.26. The van der Waals surface area contributed by atoms with E-state index >= 15 is 0 Å². The summed E-state index contributed by atoms with van der Waals surface area (Å²) < 4.78 is 0. The lowest BCUT2D eigenvalue weighted by atomic mass is 9.83. The molecule has 1 aliphatic rings. The van der Waals surface area contributed by atoms with Crippen molar-refractivity contribution in [1.82, 2.24) is 10.3 Å². The van der Waals surface area contributed by atoms with Crippen LogP contribution in [0.3, 0.4) is 0 Å². The van der Waals surface area contributed by atoms with Gasteiger partial charge in [-0.2, -0.15) is 0 Å². The molecule has 1 saturated carbocycles. The van der Waals surface area contributed by atoms with E-state index in [1.807, 2.05) is 12.4 Å². The first-order chi connectivity index (χ1) is 9.81. The van der Waals surface area contributed by atoms with Crippen LogP contribution in [0.25, 0.3) is 10.8 Å². The molecule has 1 aromatic heterocycles. The van der Waals surface area contributed by atoms with Gasteiger partial charge in [-0.05, 0) is 54.3 Å². The Kier molecular flexibility index (Phi) is 4.31. The SMILES string of the molecule is CC1CCC(CNCc2ccc3cnccc3c2)CC1. The zero-order valence-corrected chi connectivity index (χ0v) is 12.3. The first-order valence-corrected chi connectivity index (χ1v) is 7.84. The molecule has 0 aliphatic heterocycles. The summed E-state index contributed by atoms with van der Waals surface area (Å²) in [6.07, 6.45) is 9.41. The van der Waals surface area contributed by atoms with Gasteiger partial charge in [0.25, 0.3) is 0 Å². The van der Waals surface area contributed by atoms with Gasteiger partial charge in [0.15, 0.2) is 0 Å². The molecule has 3 rings (SSSR count). The second kappa shape index (κ2) is 6.36. The summed E-state index contributed by atoms with van der Waals surface area (Å²) in [6.45, 7) is 4.53. The van der Waals surface area contributed by atoms with E-state index in [4.69, 9.17) is 0 Å². The van der Waals surface area contributed by atoms with Crippen molar-refractivity contribution < 1.29 is 0 Å². The van der Waals surface area contributed by atoms with Gasteiger partial charge in [-0.15, -0.1) is 0 Å². The lowest BCUT2D eigenvalue weighted by molar-refractivity contribution is 0.281. The van der Waals surface area contributed by atoms with Crippen molar-refractivity contribution in [3.63, 3.8) is 0 Å². The molecule has 0 radical (unpaired) electrons. The Labute approximate surface area is 121 Å². The minimum atomic E-state index is 0.885. The van der Waals surface area contributed by atoms with Crippen LogP contribution in [-0.4, -0.2) is 11.5 Å². The monoisotopic (exact) mass is 268 g/mol. The summed E-state index contributed by atoms with van der Waals surface area (Å²) in [7, 11) is 0. The van der Waals surface area contributed by atoms with Crippen LogP contribution in [0.4, 0.5) is 0 Å². The van der Waals surface area contributed by atoms with E-state index in [9.17, 15) is 0 Å². The summed E-state index contributed by atoms with van der Waals surface area (Å²) in [4.78, 5) is 4.16. The first-order valence-electron chi connectivity index (χ1n) is 7.84. The average Bonchev–Trinajstić information content (AvgIpc) is 2.49. The van der Waals surface area contributed by atoms with E-state index in [0.29, 0.717) is 0 Å². The summed E-state index contributed by atoms with van der Waals surface area (Å²) in [5.41, 5.74) is 1.37. The standard InChI is InChI=1S/C18H24N2/c1-14-2-4-15(5-3-14)11-20-12-16-6-7-18-13-19-9-8-17(18)10-16/h6-10,13-15,20H,2-5,11-12H2,1H3. The van der Waals surface area contributed by atoms with Crippen LogP contribution in [0.5, 0.6) is 0 Å². The molecule has 0 unspecified atom stereocenters. The van der Waals surface area contributed by atoms with Crippen molar-refractivity contribution in [2.75, 3.05) is 6.54 Å². The summed E-state index contributed by atoms with van der Waals surface area (Å²) >= 11 is 0. The predicted octanol–water partition coefficient (Wildman–Crippen LogP) is 4.15. The second-order valence-corrected chi connectivity index (χ2v) is 6.31. The number of pyridine rings is 1. The zero-order chi connectivity index (χ0) is 13.8. The quantitative estimate of drug-likeness (QED) is 0.901. The van der Waals surface area contributed by atoms with Crippen LogP contribution >= 0.6 is 0 Å². The number of benzene rings is 1. The second-order valence-electron chi connectivity index (χ2n) is 6.31. The lowest BCUT2D eigenvalue weighted by Crippen LogP contribution is -2.25. The van der Waals surface area contributed by atoms with Crippen LogP contribution < -0.4 is 5.32 Å². The molecule has 1 aliphatic carbocycles. The molecule has 0 saturated heterocycles. The molecule has 20 heavy (non-hydrogen) atoms. The van der Waals surface area contributed by atoms with Crippen molar-refractivity contribution in [1.29, 1.82) is 0 Å². The highest BCUT2D eigenvalue weighted by molar-refractivity contribution is 5.81. The molecule has 1 fully saturated rings. The molecule has 0 bridgehead atoms. The minimum Gasteiger partial charge on any atom is -0.312 e. The van der Waals surface area contributed by atoms with Gasteiger partial charge in [-0.1, -0.05) is 31.9 Å². The highest BCUT2D eigenvalue weighted by Gasteiger charge is 2.17. The summed E-state index contributed by atoms with van der Waals surface area (Å²) in [6, 6.07) is 8.73. The number of hydrogen-bond donors (Lipinski definition) is 1. The molecule has 0 amide bonds. The van der Waals surface area contributed by atoms with Crippen LogP contribution in [0, 0.1) is 11.8 Å². The van der Waals surface area contributed by atoms with E-state index in [1.165, 1.54) is 48.6 Å². The molecular formula is C18H24N2. The first kappa shape index (κ1) is 13.6. The molecule has 1 heterocycles. The maximum atomic E-state index is 4.16. The van der Waals surface area contributed by atoms with Gasteiger partial charge in [0.2, 0.25) is 0 Å². The zero-order valence-electron chi connectivity index (χ0n) is 12.3. The maximum Gasteiger partial charge on any atom is 0.0346 e. The number of aromatic nitrogens is 1. The Morgan fingerprint density at radius 1 is 1.10 bits per heavy atom. The third kappa shape index (κ3) is 3.37. The number of rotatable bonds is 4. The Morgan fingerprint density at radius 2 is 1.95 bits per heavy atom. The predicted molar refractivity (Wildman–Crippen MR) is 84.6 cm³/mol. The van der Waals surface area contributed by atoms with Gasteiger partial charge < -0.3 is 5.32 Å². The normalized spacial score (nSPS) is 23.1. The van der Waals surface area contributed by atoms with E-state index in [-0.39, 0.29) is 0 Å². The van der Waals surface area contributed by atoms with Crippen LogP contribution in [-0.2, 0) is 6.54 Å². The largest absolute Gasteiger partial charge is 0.312 e. The van der Waals surface area contributed by atoms with Crippen molar-refractivity contribution >= 4 is 10.8 Å². The van der Waals surface area contributed by atoms with Crippen molar-refractivity contribution in [2.24, 2.45) is 11.8 Å². The van der Waals surface area contributed by atoms with Gasteiger partial charge in [-0.25, -0.2) is 0 Å². The van der Waals surface area contributed by atoms with Gasteiger partial charge >= 0.3 is 0 Å². The Bertz CT molecular complexity index is 556. The molecule has 1 aromatic carbocycles. The van der Waals surface area contributed by atoms with Crippen molar-refractivity contribution in [3.8, 4) is 0 Å². The highest BCUT2D eigenvalue weighted by Crippen LogP contribution is 2.27. The number of hydrogen-bond acceptors (Lipinski definition) is 2. The molecule has 1 N–H and O–H groups in total. The number of nitrogens with one attached hydrogen (secondary N) is 1. The third-order valence-corrected chi connectivity index (χ3v) is 4.60. The van der Waals surface area contributed by atoms with Crippen LogP contribution in [0.2, 0.25) is 0 Å².